The van der Waals surface area contributed by atoms with Gasteiger partial charge < -0.3 is 9.47 Å². The van der Waals surface area contributed by atoms with Crippen LogP contribution in [0.1, 0.15) is 44.5 Å². The first-order valence-electron chi connectivity index (χ1n) is 27.8. The normalized spacial score (nSPS) is 14.2. The van der Waals surface area contributed by atoms with Gasteiger partial charge in [0, 0.05) is 22.3 Å². The molecule has 0 amide bonds. The van der Waals surface area contributed by atoms with E-state index in [1.807, 2.05) is 0 Å². The summed E-state index contributed by atoms with van der Waals surface area (Å²) >= 11 is 0. The molecule has 14 aromatic rings. The minimum atomic E-state index is -0.600. The highest BCUT2D eigenvalue weighted by molar-refractivity contribution is 6.26. The Morgan fingerprint density at radius 2 is 0.487 bits per heavy atom. The molecule has 0 saturated carbocycles. The SMILES string of the molecule is c1ccc2c(c1)Oc1ccccc1C21c2ccccc2-c2c(-c3cccc4c(-c5c6ccccc6cc6ccccc56)c5cccc(-c6cccc7c6-c6ccccc6C76c7ccccc7Oc7ccccc76)c5cc34)cccc21. The highest BCUT2D eigenvalue weighted by Gasteiger charge is 2.53. The van der Waals surface area contributed by atoms with Crippen LogP contribution in [-0.2, 0) is 10.8 Å². The lowest BCUT2D eigenvalue weighted by Crippen LogP contribution is -2.32. The Morgan fingerprint density at radius 1 is 0.188 bits per heavy atom. The molecule has 0 fully saturated rings. The largest absolute Gasteiger partial charge is 0.457 e. The van der Waals surface area contributed by atoms with E-state index in [4.69, 9.17) is 9.47 Å². The summed E-state index contributed by atoms with van der Waals surface area (Å²) in [7, 11) is 0. The lowest BCUT2D eigenvalue weighted by molar-refractivity contribution is 0.436. The predicted molar refractivity (Wildman–Crippen MR) is 328 cm³/mol. The highest BCUT2D eigenvalue weighted by atomic mass is 16.5. The first-order valence-corrected chi connectivity index (χ1v) is 27.8. The van der Waals surface area contributed by atoms with Crippen molar-refractivity contribution in [1.82, 2.24) is 0 Å². The second-order valence-electron chi connectivity index (χ2n) is 22.0. The first-order chi connectivity index (χ1) is 39.7. The second kappa shape index (κ2) is 16.1. The average Bonchev–Trinajstić information content (AvgIpc) is 3.21. The third kappa shape index (κ3) is 5.52. The van der Waals surface area contributed by atoms with Crippen molar-refractivity contribution in [3.63, 3.8) is 0 Å². The van der Waals surface area contributed by atoms with Crippen LogP contribution in [0, 0.1) is 0 Å². The lowest BCUT2D eigenvalue weighted by atomic mass is 9.66. The quantitative estimate of drug-likeness (QED) is 0.164. The van der Waals surface area contributed by atoms with Crippen LogP contribution in [0.4, 0.5) is 0 Å². The Bertz CT molecular complexity index is 4640. The summed E-state index contributed by atoms with van der Waals surface area (Å²) in [5, 5.41) is 9.75. The molecule has 18 rings (SSSR count). The third-order valence-electron chi connectivity index (χ3n) is 18.4. The molecule has 80 heavy (non-hydrogen) atoms. The molecule has 14 aromatic carbocycles. The fourth-order valence-electron chi connectivity index (χ4n) is 15.4. The maximum Gasteiger partial charge on any atom is 0.132 e. The van der Waals surface area contributed by atoms with Crippen LogP contribution >= 0.6 is 0 Å². The zero-order chi connectivity index (χ0) is 52.3. The van der Waals surface area contributed by atoms with E-state index in [2.05, 4.69) is 279 Å². The molecule has 2 nitrogen and oxygen atoms in total. The van der Waals surface area contributed by atoms with Crippen molar-refractivity contribution in [2.75, 3.05) is 0 Å². The van der Waals surface area contributed by atoms with Crippen molar-refractivity contribution in [3.8, 4) is 78.6 Å². The molecule has 0 atom stereocenters. The standard InChI is InChI=1S/C78H46O2/c1-3-23-49-47(21-1)45-48-22-2-4-24-50(48)75(49)76-55-29-17-27-51(53-31-19-39-67-73(53)57-25-5-7-33-61(57)77(67)63-35-9-13-41-69(63)79-70-42-14-10-36-64(70)77)59(55)46-60-52(28-18-30-56(60)76)54-32-20-40-68-74(54)58-26-6-8-34-62(58)78(68)65-37-11-15-43-71(65)80-72-44-16-12-38-66(72)78/h1-46H. The minimum absolute atomic E-state index is 0.600. The third-order valence-corrected chi connectivity index (χ3v) is 18.4. The van der Waals surface area contributed by atoms with Crippen molar-refractivity contribution >= 4 is 43.1 Å². The van der Waals surface area contributed by atoms with Gasteiger partial charge in [0.15, 0.2) is 0 Å². The second-order valence-corrected chi connectivity index (χ2v) is 22.0. The van der Waals surface area contributed by atoms with E-state index in [0.29, 0.717) is 0 Å². The van der Waals surface area contributed by atoms with Gasteiger partial charge >= 0.3 is 0 Å². The van der Waals surface area contributed by atoms with Gasteiger partial charge in [0.05, 0.1) is 10.8 Å². The number of fused-ring (bicyclic) bond motifs is 22. The summed E-state index contributed by atoms with van der Waals surface area (Å²) in [6.45, 7) is 0. The van der Waals surface area contributed by atoms with Gasteiger partial charge in [-0.1, -0.05) is 243 Å². The Hall–Kier alpha value is -10.3. The van der Waals surface area contributed by atoms with Gasteiger partial charge in [-0.05, 0) is 157 Å². The zero-order valence-electron chi connectivity index (χ0n) is 43.4. The van der Waals surface area contributed by atoms with Crippen molar-refractivity contribution in [3.05, 3.63) is 324 Å². The number of para-hydroxylation sites is 4. The molecular formula is C78H46O2. The van der Waals surface area contributed by atoms with Crippen molar-refractivity contribution < 1.29 is 9.47 Å². The molecule has 0 bridgehead atoms. The molecule has 0 unspecified atom stereocenters. The van der Waals surface area contributed by atoms with Crippen molar-refractivity contribution in [2.45, 2.75) is 10.8 Å². The van der Waals surface area contributed by atoms with Gasteiger partial charge in [-0.25, -0.2) is 0 Å². The van der Waals surface area contributed by atoms with Crippen molar-refractivity contribution in [2.24, 2.45) is 0 Å². The summed E-state index contributed by atoms with van der Waals surface area (Å²) in [6, 6.07) is 104. The number of hydrogen-bond acceptors (Lipinski definition) is 2. The smallest absolute Gasteiger partial charge is 0.132 e. The number of rotatable bonds is 3. The monoisotopic (exact) mass is 1010 g/mol. The molecule has 370 valence electrons. The van der Waals surface area contributed by atoms with Crippen LogP contribution in [0.15, 0.2) is 279 Å². The zero-order valence-corrected chi connectivity index (χ0v) is 43.4. The highest BCUT2D eigenvalue weighted by Crippen LogP contribution is 2.66. The Balaban J connectivity index is 0.978. The molecule has 4 aliphatic rings. The first kappa shape index (κ1) is 43.8. The molecule has 0 N–H and O–H groups in total. The minimum Gasteiger partial charge on any atom is -0.457 e. The van der Waals surface area contributed by atoms with Gasteiger partial charge in [0.25, 0.3) is 0 Å². The summed E-state index contributed by atoms with van der Waals surface area (Å²) in [6.07, 6.45) is 0. The van der Waals surface area contributed by atoms with E-state index in [-0.39, 0.29) is 0 Å². The van der Waals surface area contributed by atoms with E-state index >= 15 is 0 Å². The van der Waals surface area contributed by atoms with E-state index in [9.17, 15) is 0 Å². The maximum absolute atomic E-state index is 6.78. The summed E-state index contributed by atoms with van der Waals surface area (Å²) in [5.74, 6) is 3.56. The molecule has 2 spiro atoms. The fraction of sp³-hybridized carbons (Fsp3) is 0.0256. The molecule has 2 aliphatic carbocycles. The topological polar surface area (TPSA) is 18.5 Å². The fourth-order valence-corrected chi connectivity index (χ4v) is 15.4. The predicted octanol–water partition coefficient (Wildman–Crippen LogP) is 20.2. The maximum atomic E-state index is 6.78. The van der Waals surface area contributed by atoms with Crippen LogP contribution in [0.25, 0.3) is 98.7 Å². The van der Waals surface area contributed by atoms with E-state index < -0.39 is 10.8 Å². The van der Waals surface area contributed by atoms with Gasteiger partial charge in [-0.2, -0.15) is 0 Å². The van der Waals surface area contributed by atoms with E-state index in [1.165, 1.54) is 121 Å². The van der Waals surface area contributed by atoms with Crippen molar-refractivity contribution in [1.29, 1.82) is 0 Å². The van der Waals surface area contributed by atoms with Gasteiger partial charge in [0.1, 0.15) is 23.0 Å². The molecular weight excluding hydrogens is 969 g/mol. The van der Waals surface area contributed by atoms with Crippen LogP contribution in [0.2, 0.25) is 0 Å². The Labute approximate surface area is 463 Å². The number of ether oxygens (including phenoxy) is 2. The Morgan fingerprint density at radius 3 is 0.925 bits per heavy atom. The summed E-state index contributed by atoms with van der Waals surface area (Å²) in [5.41, 5.74) is 20.8. The molecule has 0 radical (unpaired) electrons. The van der Waals surface area contributed by atoms with Gasteiger partial charge in [0.2, 0.25) is 0 Å². The van der Waals surface area contributed by atoms with Crippen LogP contribution in [-0.4, -0.2) is 0 Å². The Kier molecular flexibility index (Phi) is 8.83. The van der Waals surface area contributed by atoms with Gasteiger partial charge in [-0.3, -0.25) is 0 Å². The number of benzene rings is 14. The van der Waals surface area contributed by atoms with Gasteiger partial charge in [-0.15, -0.1) is 0 Å². The lowest BCUT2D eigenvalue weighted by Gasteiger charge is -2.39. The summed E-state index contributed by atoms with van der Waals surface area (Å²) in [4.78, 5) is 0. The average molecular weight is 1020 g/mol. The number of hydrogen-bond donors (Lipinski definition) is 0. The molecule has 2 heteroatoms. The summed E-state index contributed by atoms with van der Waals surface area (Å²) < 4.78 is 13.6. The van der Waals surface area contributed by atoms with Crippen LogP contribution in [0.5, 0.6) is 23.0 Å². The molecule has 0 saturated heterocycles. The van der Waals surface area contributed by atoms with Crippen LogP contribution < -0.4 is 9.47 Å². The van der Waals surface area contributed by atoms with E-state index in [1.54, 1.807) is 0 Å². The molecule has 2 heterocycles. The van der Waals surface area contributed by atoms with E-state index in [0.717, 1.165) is 45.3 Å². The van der Waals surface area contributed by atoms with Crippen LogP contribution in [0.3, 0.4) is 0 Å². The molecule has 2 aliphatic heterocycles. The molecule has 0 aromatic heterocycles.